The molecule has 0 radical (unpaired) electrons. The molecule has 2 N–H and O–H groups in total. The molecule has 0 saturated heterocycles. The van der Waals surface area contributed by atoms with Crippen molar-refractivity contribution in [2.24, 2.45) is 0 Å². The highest BCUT2D eigenvalue weighted by molar-refractivity contribution is 6.42. The van der Waals surface area contributed by atoms with Crippen molar-refractivity contribution >= 4 is 45.3 Å². The fraction of sp³-hybridized carbons (Fsp3) is 0.0833. The summed E-state index contributed by atoms with van der Waals surface area (Å²) in [5.74, 6) is 0.804. The van der Waals surface area contributed by atoms with Gasteiger partial charge in [-0.05, 0) is 52.9 Å². The van der Waals surface area contributed by atoms with Crippen LogP contribution in [0.1, 0.15) is 17.3 Å². The van der Waals surface area contributed by atoms with E-state index in [9.17, 15) is 0 Å². The Bertz CT molecular complexity index is 1150. The van der Waals surface area contributed by atoms with Crippen LogP contribution in [0.3, 0.4) is 0 Å². The molecule has 0 bridgehead atoms. The lowest BCUT2D eigenvalue weighted by atomic mass is 10.0. The largest absolute Gasteiger partial charge is 0.489 e. The zero-order valence-electron chi connectivity index (χ0n) is 15.5. The molecular formula is C24H18Cl2N2O. The van der Waals surface area contributed by atoms with Crippen LogP contribution in [0, 0.1) is 0 Å². The van der Waals surface area contributed by atoms with E-state index in [0.717, 1.165) is 28.3 Å². The van der Waals surface area contributed by atoms with Gasteiger partial charge < -0.3 is 15.4 Å². The monoisotopic (exact) mass is 420 g/mol. The summed E-state index contributed by atoms with van der Waals surface area (Å²) in [6, 6.07) is 26.3. The topological polar surface area (TPSA) is 33.3 Å². The van der Waals surface area contributed by atoms with Crippen molar-refractivity contribution in [1.82, 2.24) is 0 Å². The SMILES string of the molecule is Clc1ccc(COc2ccc(C3Nc4cccc5cccc(c45)N3)cc2)cc1Cl. The molecule has 4 aromatic rings. The molecule has 4 aromatic carbocycles. The van der Waals surface area contributed by atoms with E-state index in [1.54, 1.807) is 6.07 Å². The van der Waals surface area contributed by atoms with Crippen molar-refractivity contribution in [3.05, 3.63) is 100 Å². The first kappa shape index (κ1) is 18.2. The predicted octanol–water partition coefficient (Wildman–Crippen LogP) is 7.26. The first-order valence-corrected chi connectivity index (χ1v) is 10.1. The van der Waals surface area contributed by atoms with Gasteiger partial charge in [-0.1, -0.05) is 65.7 Å². The van der Waals surface area contributed by atoms with E-state index in [1.165, 1.54) is 10.8 Å². The van der Waals surface area contributed by atoms with Crippen LogP contribution in [0.25, 0.3) is 10.8 Å². The van der Waals surface area contributed by atoms with Gasteiger partial charge in [-0.15, -0.1) is 0 Å². The molecule has 0 aliphatic carbocycles. The highest BCUT2D eigenvalue weighted by Gasteiger charge is 2.20. The first-order valence-electron chi connectivity index (χ1n) is 9.39. The van der Waals surface area contributed by atoms with Gasteiger partial charge in [0.15, 0.2) is 0 Å². The highest BCUT2D eigenvalue weighted by atomic mass is 35.5. The molecule has 5 heteroatoms. The van der Waals surface area contributed by atoms with Gasteiger partial charge >= 0.3 is 0 Å². The van der Waals surface area contributed by atoms with E-state index in [0.29, 0.717) is 16.7 Å². The smallest absolute Gasteiger partial charge is 0.123 e. The lowest BCUT2D eigenvalue weighted by Crippen LogP contribution is -2.23. The minimum atomic E-state index is -0.000350. The van der Waals surface area contributed by atoms with Crippen LogP contribution in [0.4, 0.5) is 11.4 Å². The van der Waals surface area contributed by atoms with E-state index in [2.05, 4.69) is 59.2 Å². The van der Waals surface area contributed by atoms with Crippen LogP contribution in [-0.2, 0) is 6.61 Å². The third kappa shape index (κ3) is 3.59. The maximum Gasteiger partial charge on any atom is 0.123 e. The lowest BCUT2D eigenvalue weighted by Gasteiger charge is -2.29. The van der Waals surface area contributed by atoms with Crippen molar-refractivity contribution in [1.29, 1.82) is 0 Å². The Morgan fingerprint density at radius 3 is 2.10 bits per heavy atom. The summed E-state index contributed by atoms with van der Waals surface area (Å²) in [6.07, 6.45) is -0.000350. The Labute approximate surface area is 179 Å². The van der Waals surface area contributed by atoms with Gasteiger partial charge in [0, 0.05) is 16.8 Å². The van der Waals surface area contributed by atoms with Crippen molar-refractivity contribution in [2.45, 2.75) is 12.8 Å². The van der Waals surface area contributed by atoms with Gasteiger partial charge in [-0.25, -0.2) is 0 Å². The van der Waals surface area contributed by atoms with Crippen LogP contribution < -0.4 is 15.4 Å². The standard InChI is InChI=1S/C24H18Cl2N2O/c25-19-12-7-15(13-20(19)26)14-29-18-10-8-17(9-11-18)24-27-21-5-1-3-16-4-2-6-22(28-24)23(16)21/h1-13,24,27-28H,14H2. The van der Waals surface area contributed by atoms with E-state index < -0.39 is 0 Å². The molecule has 0 amide bonds. The van der Waals surface area contributed by atoms with Gasteiger partial charge in [-0.2, -0.15) is 0 Å². The zero-order chi connectivity index (χ0) is 19.8. The summed E-state index contributed by atoms with van der Waals surface area (Å²) in [6.45, 7) is 0.436. The second kappa shape index (κ2) is 7.51. The first-order chi connectivity index (χ1) is 14.2. The Kier molecular flexibility index (Phi) is 4.70. The summed E-state index contributed by atoms with van der Waals surface area (Å²) < 4.78 is 5.89. The molecule has 3 nitrogen and oxygen atoms in total. The fourth-order valence-corrected chi connectivity index (χ4v) is 3.97. The van der Waals surface area contributed by atoms with Crippen molar-refractivity contribution < 1.29 is 4.74 Å². The number of hydrogen-bond donors (Lipinski definition) is 2. The normalized spacial score (nSPS) is 13.0. The average Bonchev–Trinajstić information content (AvgIpc) is 2.75. The average molecular weight is 421 g/mol. The second-order valence-corrected chi connectivity index (χ2v) is 7.85. The molecule has 0 fully saturated rings. The third-order valence-electron chi connectivity index (χ3n) is 5.11. The maximum absolute atomic E-state index is 6.07. The molecule has 0 saturated carbocycles. The minimum absolute atomic E-state index is 0.000350. The van der Waals surface area contributed by atoms with Crippen LogP contribution in [0.15, 0.2) is 78.9 Å². The van der Waals surface area contributed by atoms with Gasteiger partial charge in [0.25, 0.3) is 0 Å². The minimum Gasteiger partial charge on any atom is -0.489 e. The molecule has 29 heavy (non-hydrogen) atoms. The molecule has 1 heterocycles. The molecular weight excluding hydrogens is 403 g/mol. The van der Waals surface area contributed by atoms with Crippen molar-refractivity contribution in [3.63, 3.8) is 0 Å². The summed E-state index contributed by atoms with van der Waals surface area (Å²) >= 11 is 12.0. The second-order valence-electron chi connectivity index (χ2n) is 7.04. The van der Waals surface area contributed by atoms with Crippen molar-refractivity contribution in [3.8, 4) is 5.75 Å². The van der Waals surface area contributed by atoms with Crippen LogP contribution >= 0.6 is 23.2 Å². The molecule has 0 atom stereocenters. The molecule has 5 rings (SSSR count). The summed E-state index contributed by atoms with van der Waals surface area (Å²) in [4.78, 5) is 0. The Morgan fingerprint density at radius 2 is 1.45 bits per heavy atom. The number of anilines is 2. The number of halogens is 2. The number of nitrogens with one attached hydrogen (secondary N) is 2. The van der Waals surface area contributed by atoms with Crippen LogP contribution in [0.2, 0.25) is 10.0 Å². The van der Waals surface area contributed by atoms with Crippen LogP contribution in [-0.4, -0.2) is 0 Å². The summed E-state index contributed by atoms with van der Waals surface area (Å²) in [7, 11) is 0. The zero-order valence-corrected chi connectivity index (χ0v) is 17.0. The summed E-state index contributed by atoms with van der Waals surface area (Å²) in [5.41, 5.74) is 4.39. The van der Waals surface area contributed by atoms with Gasteiger partial charge in [0.05, 0.1) is 10.0 Å². The predicted molar refractivity (Wildman–Crippen MR) is 121 cm³/mol. The number of ether oxygens (including phenoxy) is 1. The van der Waals surface area contributed by atoms with E-state index in [-0.39, 0.29) is 6.17 Å². The fourth-order valence-electron chi connectivity index (χ4n) is 3.65. The maximum atomic E-state index is 6.07. The number of rotatable bonds is 4. The van der Waals surface area contributed by atoms with Crippen LogP contribution in [0.5, 0.6) is 5.75 Å². The summed E-state index contributed by atoms with van der Waals surface area (Å²) in [5, 5.41) is 10.7. The lowest BCUT2D eigenvalue weighted by molar-refractivity contribution is 0.306. The van der Waals surface area contributed by atoms with E-state index in [1.807, 2.05) is 24.3 Å². The number of benzene rings is 4. The van der Waals surface area contributed by atoms with Gasteiger partial charge in [0.2, 0.25) is 0 Å². The quantitative estimate of drug-likeness (QED) is 0.364. The van der Waals surface area contributed by atoms with E-state index >= 15 is 0 Å². The Morgan fingerprint density at radius 1 is 0.759 bits per heavy atom. The Hall–Kier alpha value is -2.88. The van der Waals surface area contributed by atoms with Gasteiger partial charge in [0.1, 0.15) is 18.5 Å². The molecule has 0 unspecified atom stereocenters. The molecule has 0 aromatic heterocycles. The number of hydrogen-bond acceptors (Lipinski definition) is 3. The molecule has 1 aliphatic heterocycles. The Balaban J connectivity index is 1.31. The van der Waals surface area contributed by atoms with Gasteiger partial charge in [-0.3, -0.25) is 0 Å². The molecule has 144 valence electrons. The third-order valence-corrected chi connectivity index (χ3v) is 5.85. The molecule has 0 spiro atoms. The highest BCUT2D eigenvalue weighted by Crippen LogP contribution is 2.38. The molecule has 1 aliphatic rings. The van der Waals surface area contributed by atoms with Crippen molar-refractivity contribution in [2.75, 3.05) is 10.6 Å². The van der Waals surface area contributed by atoms with E-state index in [4.69, 9.17) is 27.9 Å².